The molecular formula is C26H29N3O6. The molecule has 0 radical (unpaired) electrons. The highest BCUT2D eigenvalue weighted by Gasteiger charge is 2.24. The van der Waals surface area contributed by atoms with E-state index < -0.39 is 23.8 Å². The summed E-state index contributed by atoms with van der Waals surface area (Å²) >= 11 is 0. The average molecular weight is 480 g/mol. The molecule has 2 aromatic carbocycles. The quantitative estimate of drug-likeness (QED) is 0.521. The zero-order chi connectivity index (χ0) is 25.7. The van der Waals surface area contributed by atoms with E-state index >= 15 is 0 Å². The van der Waals surface area contributed by atoms with Gasteiger partial charge >= 0.3 is 17.8 Å². The molecular weight excluding hydrogens is 450 g/mol. The predicted molar refractivity (Wildman–Crippen MR) is 131 cm³/mol. The summed E-state index contributed by atoms with van der Waals surface area (Å²) < 4.78 is 12.6. The van der Waals surface area contributed by atoms with Crippen LogP contribution in [0.15, 0.2) is 58.1 Å². The van der Waals surface area contributed by atoms with Gasteiger partial charge in [0.05, 0.1) is 12.7 Å². The van der Waals surface area contributed by atoms with E-state index in [1.54, 1.807) is 26.1 Å². The number of benzene rings is 2. The largest absolute Gasteiger partial charge is 0.467 e. The van der Waals surface area contributed by atoms with Crippen LogP contribution < -0.4 is 16.6 Å². The minimum absolute atomic E-state index is 0.0717. The summed E-state index contributed by atoms with van der Waals surface area (Å²) in [6.07, 6.45) is -0.569. The van der Waals surface area contributed by atoms with Crippen LogP contribution in [0.5, 0.6) is 0 Å². The molecule has 1 heterocycles. The third kappa shape index (κ3) is 5.68. The van der Waals surface area contributed by atoms with Crippen LogP contribution in [0.2, 0.25) is 0 Å². The van der Waals surface area contributed by atoms with Crippen molar-refractivity contribution in [1.82, 2.24) is 14.5 Å². The van der Waals surface area contributed by atoms with Crippen molar-refractivity contribution in [2.75, 3.05) is 7.11 Å². The Hall–Kier alpha value is -4.14. The molecule has 0 spiro atoms. The maximum absolute atomic E-state index is 12.8. The molecule has 1 amide bonds. The van der Waals surface area contributed by atoms with Gasteiger partial charge in [-0.15, -0.1) is 0 Å². The van der Waals surface area contributed by atoms with Crippen molar-refractivity contribution in [3.8, 4) is 11.1 Å². The highest BCUT2D eigenvalue weighted by atomic mass is 16.6. The van der Waals surface area contributed by atoms with Gasteiger partial charge in [-0.05, 0) is 36.1 Å². The first-order valence-corrected chi connectivity index (χ1v) is 11.1. The van der Waals surface area contributed by atoms with Crippen LogP contribution in [-0.4, -0.2) is 34.3 Å². The van der Waals surface area contributed by atoms with E-state index in [9.17, 15) is 19.2 Å². The van der Waals surface area contributed by atoms with Crippen molar-refractivity contribution in [3.05, 3.63) is 91.8 Å². The molecule has 0 unspecified atom stereocenters. The number of hydrogen-bond donors (Lipinski definition) is 1. The van der Waals surface area contributed by atoms with Crippen LogP contribution in [0.25, 0.3) is 11.1 Å². The molecule has 0 aliphatic rings. The molecule has 9 heteroatoms. The number of nitrogens with one attached hydrogen (secondary N) is 1. The Kier molecular flexibility index (Phi) is 7.91. The van der Waals surface area contributed by atoms with Crippen LogP contribution in [0.4, 0.5) is 4.79 Å². The molecule has 35 heavy (non-hydrogen) atoms. The summed E-state index contributed by atoms with van der Waals surface area (Å²) in [6, 6.07) is 13.6. The Bertz CT molecular complexity index is 1360. The maximum atomic E-state index is 12.8. The summed E-state index contributed by atoms with van der Waals surface area (Å²) in [5, 5.41) is 2.56. The number of rotatable bonds is 7. The summed E-state index contributed by atoms with van der Waals surface area (Å²) in [4.78, 5) is 49.6. The van der Waals surface area contributed by atoms with Gasteiger partial charge in [-0.1, -0.05) is 48.5 Å². The van der Waals surface area contributed by atoms with Gasteiger partial charge in [0.25, 0.3) is 5.56 Å². The molecule has 3 rings (SSSR count). The zero-order valence-electron chi connectivity index (χ0n) is 20.5. The molecule has 0 bridgehead atoms. The predicted octanol–water partition coefficient (Wildman–Crippen LogP) is 2.38. The van der Waals surface area contributed by atoms with Gasteiger partial charge in [0.2, 0.25) is 0 Å². The van der Waals surface area contributed by atoms with Crippen molar-refractivity contribution in [2.24, 2.45) is 14.1 Å². The molecule has 0 saturated heterocycles. The molecule has 3 aromatic rings. The minimum Gasteiger partial charge on any atom is -0.467 e. The number of amides is 1. The highest BCUT2D eigenvalue weighted by Crippen LogP contribution is 2.24. The number of aromatic nitrogens is 2. The van der Waals surface area contributed by atoms with E-state index in [0.717, 1.165) is 21.3 Å². The van der Waals surface area contributed by atoms with E-state index in [4.69, 9.17) is 9.47 Å². The fourth-order valence-corrected chi connectivity index (χ4v) is 3.87. The molecule has 0 fully saturated rings. The topological polar surface area (TPSA) is 109 Å². The van der Waals surface area contributed by atoms with Gasteiger partial charge in [-0.3, -0.25) is 9.36 Å². The molecule has 0 aliphatic heterocycles. The molecule has 184 valence electrons. The Balaban J connectivity index is 1.81. The summed E-state index contributed by atoms with van der Waals surface area (Å²) in [5.41, 5.74) is 3.28. The van der Waals surface area contributed by atoms with Crippen molar-refractivity contribution in [1.29, 1.82) is 0 Å². The monoisotopic (exact) mass is 479 g/mol. The van der Waals surface area contributed by atoms with Gasteiger partial charge in [0.1, 0.15) is 12.6 Å². The number of hydrogen-bond acceptors (Lipinski definition) is 6. The Labute approximate surface area is 202 Å². The molecule has 1 N–H and O–H groups in total. The van der Waals surface area contributed by atoms with Crippen LogP contribution >= 0.6 is 0 Å². The van der Waals surface area contributed by atoms with Crippen LogP contribution in [0, 0.1) is 13.8 Å². The van der Waals surface area contributed by atoms with Crippen molar-refractivity contribution < 1.29 is 19.1 Å². The zero-order valence-corrected chi connectivity index (χ0v) is 20.5. The minimum atomic E-state index is -0.958. The lowest BCUT2D eigenvalue weighted by molar-refractivity contribution is -0.143. The molecule has 9 nitrogen and oxygen atoms in total. The van der Waals surface area contributed by atoms with E-state index in [-0.39, 0.29) is 18.6 Å². The number of carbonyl (C=O) groups excluding carboxylic acids is 2. The lowest BCUT2D eigenvalue weighted by Crippen LogP contribution is -2.43. The van der Waals surface area contributed by atoms with E-state index in [1.807, 2.05) is 43.3 Å². The van der Waals surface area contributed by atoms with E-state index in [0.29, 0.717) is 16.8 Å². The molecule has 1 aromatic heterocycles. The lowest BCUT2D eigenvalue weighted by atomic mass is 9.95. The second-order valence-corrected chi connectivity index (χ2v) is 8.30. The van der Waals surface area contributed by atoms with Crippen molar-refractivity contribution >= 4 is 12.1 Å². The average Bonchev–Trinajstić information content (AvgIpc) is 2.86. The first-order chi connectivity index (χ1) is 16.6. The number of ether oxygens (including phenoxy) is 2. The summed E-state index contributed by atoms with van der Waals surface area (Å²) in [5.74, 6) is -0.605. The van der Waals surface area contributed by atoms with Gasteiger partial charge in [0, 0.05) is 26.2 Å². The van der Waals surface area contributed by atoms with Gasteiger partial charge in [-0.25, -0.2) is 14.4 Å². The SMILES string of the molecule is COC(=O)[C@H](Cc1ccc(-c2c(C)n(C)c(=O)n(C)c2=O)c(C)c1)NC(=O)OCc1ccccc1. The second kappa shape index (κ2) is 10.9. The van der Waals surface area contributed by atoms with Crippen LogP contribution in [0.1, 0.15) is 22.4 Å². The van der Waals surface area contributed by atoms with Gasteiger partial charge in [-0.2, -0.15) is 0 Å². The normalized spacial score (nSPS) is 11.6. The summed E-state index contributed by atoms with van der Waals surface area (Å²) in [7, 11) is 4.31. The number of nitrogens with zero attached hydrogens (tertiary/aromatic N) is 2. The van der Waals surface area contributed by atoms with Crippen molar-refractivity contribution in [2.45, 2.75) is 32.9 Å². The number of methoxy groups -OCH3 is 1. The van der Waals surface area contributed by atoms with E-state index in [2.05, 4.69) is 5.32 Å². The van der Waals surface area contributed by atoms with Gasteiger partial charge in [0.15, 0.2) is 0 Å². The summed E-state index contributed by atoms with van der Waals surface area (Å²) in [6.45, 7) is 3.64. The first-order valence-electron chi connectivity index (χ1n) is 11.1. The Morgan fingerprint density at radius 1 is 0.971 bits per heavy atom. The fourth-order valence-electron chi connectivity index (χ4n) is 3.87. The highest BCUT2D eigenvalue weighted by molar-refractivity contribution is 5.81. The number of alkyl carbamates (subject to hydrolysis) is 1. The first kappa shape index (κ1) is 25.5. The van der Waals surface area contributed by atoms with E-state index in [1.165, 1.54) is 18.7 Å². The maximum Gasteiger partial charge on any atom is 0.408 e. The molecule has 1 atom stereocenters. The number of esters is 1. The number of carbonyl (C=O) groups is 2. The third-order valence-electron chi connectivity index (χ3n) is 5.95. The Morgan fingerprint density at radius 3 is 2.29 bits per heavy atom. The second-order valence-electron chi connectivity index (χ2n) is 8.30. The molecule has 0 saturated carbocycles. The standard InChI is InChI=1S/C26H29N3O6/c1-16-13-19(11-12-20(16)22-17(2)28(3)26(33)29(4)23(22)30)14-21(24(31)34-5)27-25(32)35-15-18-9-7-6-8-10-18/h6-13,21H,14-15H2,1-5H3,(H,27,32)/t21-/m0/s1. The lowest BCUT2D eigenvalue weighted by Gasteiger charge is -2.18. The smallest absolute Gasteiger partial charge is 0.408 e. The van der Waals surface area contributed by atoms with Crippen LogP contribution in [-0.2, 0) is 41.4 Å². The van der Waals surface area contributed by atoms with Crippen molar-refractivity contribution in [3.63, 3.8) is 0 Å². The number of aryl methyl sites for hydroxylation is 1. The van der Waals surface area contributed by atoms with Gasteiger partial charge < -0.3 is 19.4 Å². The van der Waals surface area contributed by atoms with Crippen LogP contribution in [0.3, 0.4) is 0 Å². The fraction of sp³-hybridized carbons (Fsp3) is 0.308. The molecule has 0 aliphatic carbocycles. The Morgan fingerprint density at radius 2 is 1.66 bits per heavy atom. The third-order valence-corrected chi connectivity index (χ3v) is 5.95.